The Hall–Kier alpha value is -0.540. The minimum atomic E-state index is 0.544. The van der Waals surface area contributed by atoms with Crippen LogP contribution in [0.25, 0.3) is 0 Å². The first-order chi connectivity index (χ1) is 8.71. The molecule has 0 amide bonds. The fourth-order valence-corrected chi connectivity index (χ4v) is 3.11. The Labute approximate surface area is 115 Å². The van der Waals surface area contributed by atoms with Gasteiger partial charge in [0.2, 0.25) is 0 Å². The van der Waals surface area contributed by atoms with E-state index in [1.54, 1.807) is 0 Å². The Morgan fingerprint density at radius 1 is 1.44 bits per heavy atom. The van der Waals surface area contributed by atoms with Crippen molar-refractivity contribution < 1.29 is 0 Å². The maximum Gasteiger partial charge on any atom is 0.0850 e. The quantitative estimate of drug-likeness (QED) is 0.860. The SMILES string of the molecule is CCc1nn(CC)c(CC(NC)C2CCC2)c1Cl. The highest BCUT2D eigenvalue weighted by atomic mass is 35.5. The Morgan fingerprint density at radius 2 is 2.17 bits per heavy atom. The predicted molar refractivity (Wildman–Crippen MR) is 76.2 cm³/mol. The van der Waals surface area contributed by atoms with Gasteiger partial charge in [-0.05, 0) is 39.2 Å². The van der Waals surface area contributed by atoms with Gasteiger partial charge in [0, 0.05) is 19.0 Å². The Balaban J connectivity index is 2.17. The molecule has 1 fully saturated rings. The lowest BCUT2D eigenvalue weighted by atomic mass is 9.78. The number of rotatable bonds is 6. The zero-order valence-corrected chi connectivity index (χ0v) is 12.4. The normalized spacial score (nSPS) is 17.8. The van der Waals surface area contributed by atoms with Crippen LogP contribution in [0.15, 0.2) is 0 Å². The smallest absolute Gasteiger partial charge is 0.0850 e. The van der Waals surface area contributed by atoms with E-state index in [4.69, 9.17) is 11.6 Å². The van der Waals surface area contributed by atoms with Crippen molar-refractivity contribution in [2.45, 2.75) is 58.5 Å². The zero-order chi connectivity index (χ0) is 13.1. The maximum absolute atomic E-state index is 6.46. The molecule has 0 aromatic carbocycles. The third kappa shape index (κ3) is 2.57. The topological polar surface area (TPSA) is 29.9 Å². The van der Waals surface area contributed by atoms with Crippen LogP contribution in [0, 0.1) is 5.92 Å². The van der Waals surface area contributed by atoms with Gasteiger partial charge in [0.25, 0.3) is 0 Å². The number of aryl methyl sites for hydroxylation is 2. The molecule has 0 aliphatic heterocycles. The van der Waals surface area contributed by atoms with Gasteiger partial charge >= 0.3 is 0 Å². The number of hydrogen-bond acceptors (Lipinski definition) is 2. The second-order valence-electron chi connectivity index (χ2n) is 5.17. The first-order valence-corrected chi connectivity index (χ1v) is 7.50. The summed E-state index contributed by atoms with van der Waals surface area (Å²) in [6.07, 6.45) is 5.99. The molecule has 1 atom stereocenters. The van der Waals surface area contributed by atoms with Gasteiger partial charge in [-0.15, -0.1) is 0 Å². The van der Waals surface area contributed by atoms with Gasteiger partial charge in [-0.3, -0.25) is 4.68 Å². The Morgan fingerprint density at radius 3 is 2.61 bits per heavy atom. The lowest BCUT2D eigenvalue weighted by molar-refractivity contribution is 0.233. The van der Waals surface area contributed by atoms with Gasteiger partial charge in [-0.2, -0.15) is 5.10 Å². The fourth-order valence-electron chi connectivity index (χ4n) is 2.77. The summed E-state index contributed by atoms with van der Waals surface area (Å²) in [6.45, 7) is 5.14. The lowest BCUT2D eigenvalue weighted by Gasteiger charge is -2.33. The molecule has 1 unspecified atom stereocenters. The molecule has 0 saturated heterocycles. The van der Waals surface area contributed by atoms with Crippen LogP contribution in [0.2, 0.25) is 5.02 Å². The highest BCUT2D eigenvalue weighted by Gasteiger charge is 2.28. The second kappa shape index (κ2) is 6.07. The van der Waals surface area contributed by atoms with Crippen LogP contribution in [0.3, 0.4) is 0 Å². The monoisotopic (exact) mass is 269 g/mol. The second-order valence-corrected chi connectivity index (χ2v) is 5.54. The van der Waals surface area contributed by atoms with E-state index < -0.39 is 0 Å². The van der Waals surface area contributed by atoms with Crippen molar-refractivity contribution in [2.75, 3.05) is 7.05 Å². The standard InChI is InChI=1S/C14H24ClN3/c1-4-11-14(15)13(18(5-2)17-11)9-12(16-3)10-7-6-8-10/h10,12,16H,4-9H2,1-3H3. The summed E-state index contributed by atoms with van der Waals surface area (Å²) in [7, 11) is 2.06. The van der Waals surface area contributed by atoms with Gasteiger partial charge in [0.15, 0.2) is 0 Å². The van der Waals surface area contributed by atoms with E-state index in [-0.39, 0.29) is 0 Å². The van der Waals surface area contributed by atoms with E-state index in [1.165, 1.54) is 25.0 Å². The molecule has 3 nitrogen and oxygen atoms in total. The van der Waals surface area contributed by atoms with Gasteiger partial charge < -0.3 is 5.32 Å². The summed E-state index contributed by atoms with van der Waals surface area (Å²) in [6, 6.07) is 0.544. The molecule has 0 bridgehead atoms. The van der Waals surface area contributed by atoms with Gasteiger partial charge in [0.1, 0.15) is 0 Å². The summed E-state index contributed by atoms with van der Waals surface area (Å²) in [5.74, 6) is 0.816. The van der Waals surface area contributed by atoms with Crippen molar-refractivity contribution in [2.24, 2.45) is 5.92 Å². The number of hydrogen-bond donors (Lipinski definition) is 1. The molecule has 2 rings (SSSR count). The molecular formula is C14H24ClN3. The molecule has 1 N–H and O–H groups in total. The number of likely N-dealkylation sites (N-methyl/N-ethyl adjacent to an activating group) is 1. The van der Waals surface area contributed by atoms with Crippen LogP contribution in [0.5, 0.6) is 0 Å². The average Bonchev–Trinajstić information content (AvgIpc) is 2.63. The lowest BCUT2D eigenvalue weighted by Crippen LogP contribution is -2.39. The van der Waals surface area contributed by atoms with Crippen LogP contribution >= 0.6 is 11.6 Å². The summed E-state index contributed by atoms with van der Waals surface area (Å²) in [5, 5.41) is 8.94. The van der Waals surface area contributed by atoms with E-state index >= 15 is 0 Å². The van der Waals surface area contributed by atoms with Crippen LogP contribution in [0.4, 0.5) is 0 Å². The van der Waals surface area contributed by atoms with Crippen LogP contribution in [0.1, 0.15) is 44.5 Å². The predicted octanol–water partition coefficient (Wildman–Crippen LogP) is 3.05. The minimum Gasteiger partial charge on any atom is -0.316 e. The van der Waals surface area contributed by atoms with E-state index in [0.717, 1.165) is 36.0 Å². The van der Waals surface area contributed by atoms with Crippen molar-refractivity contribution in [3.05, 3.63) is 16.4 Å². The van der Waals surface area contributed by atoms with Crippen molar-refractivity contribution in [3.8, 4) is 0 Å². The van der Waals surface area contributed by atoms with Gasteiger partial charge in [0.05, 0.1) is 16.4 Å². The van der Waals surface area contributed by atoms with Gasteiger partial charge in [-0.1, -0.05) is 24.9 Å². The summed E-state index contributed by atoms with van der Waals surface area (Å²) in [4.78, 5) is 0. The highest BCUT2D eigenvalue weighted by molar-refractivity contribution is 6.31. The number of aromatic nitrogens is 2. The maximum atomic E-state index is 6.46. The minimum absolute atomic E-state index is 0.544. The van der Waals surface area contributed by atoms with Crippen LogP contribution < -0.4 is 5.32 Å². The molecule has 1 aromatic heterocycles. The van der Waals surface area contributed by atoms with Crippen LogP contribution in [-0.4, -0.2) is 22.9 Å². The molecule has 0 radical (unpaired) electrons. The van der Waals surface area contributed by atoms with Crippen molar-refractivity contribution in [1.29, 1.82) is 0 Å². The van der Waals surface area contributed by atoms with E-state index in [1.807, 2.05) is 0 Å². The molecular weight excluding hydrogens is 246 g/mol. The number of nitrogens with one attached hydrogen (secondary N) is 1. The van der Waals surface area contributed by atoms with E-state index in [9.17, 15) is 0 Å². The molecule has 1 saturated carbocycles. The van der Waals surface area contributed by atoms with Crippen molar-refractivity contribution in [1.82, 2.24) is 15.1 Å². The molecule has 18 heavy (non-hydrogen) atoms. The zero-order valence-electron chi connectivity index (χ0n) is 11.7. The first-order valence-electron chi connectivity index (χ1n) is 7.12. The molecule has 1 heterocycles. The van der Waals surface area contributed by atoms with E-state index in [0.29, 0.717) is 6.04 Å². The van der Waals surface area contributed by atoms with Crippen LogP contribution in [-0.2, 0) is 19.4 Å². The molecule has 0 spiro atoms. The van der Waals surface area contributed by atoms with Gasteiger partial charge in [-0.25, -0.2) is 0 Å². The fraction of sp³-hybridized carbons (Fsp3) is 0.786. The number of nitrogens with zero attached hydrogens (tertiary/aromatic N) is 2. The molecule has 102 valence electrons. The summed E-state index contributed by atoms with van der Waals surface area (Å²) >= 11 is 6.46. The molecule has 4 heteroatoms. The number of halogens is 1. The first kappa shape index (κ1) is 13.9. The average molecular weight is 270 g/mol. The Kier molecular flexibility index (Phi) is 4.68. The molecule has 1 aliphatic rings. The van der Waals surface area contributed by atoms with E-state index in [2.05, 4.69) is 36.0 Å². The third-order valence-corrected chi connectivity index (χ3v) is 4.63. The largest absolute Gasteiger partial charge is 0.316 e. The van der Waals surface area contributed by atoms with Crippen molar-refractivity contribution in [3.63, 3.8) is 0 Å². The van der Waals surface area contributed by atoms with Crippen molar-refractivity contribution >= 4 is 11.6 Å². The molecule has 1 aliphatic carbocycles. The Bertz CT molecular complexity index is 396. The third-order valence-electron chi connectivity index (χ3n) is 4.20. The molecule has 1 aromatic rings. The summed E-state index contributed by atoms with van der Waals surface area (Å²) in [5.41, 5.74) is 2.25. The highest BCUT2D eigenvalue weighted by Crippen LogP contribution is 2.32. The summed E-state index contributed by atoms with van der Waals surface area (Å²) < 4.78 is 2.07.